The molecule has 9 heteroatoms. The van der Waals surface area contributed by atoms with E-state index >= 15 is 0 Å². The first-order chi connectivity index (χ1) is 15.6. The van der Waals surface area contributed by atoms with Gasteiger partial charge >= 0.3 is 6.18 Å². The molecule has 1 amide bonds. The number of hydrogen-bond donors (Lipinski definition) is 2. The smallest absolute Gasteiger partial charge is 0.362 e. The fourth-order valence-corrected chi connectivity index (χ4v) is 4.87. The van der Waals surface area contributed by atoms with Gasteiger partial charge in [0.2, 0.25) is 0 Å². The van der Waals surface area contributed by atoms with Gasteiger partial charge in [0, 0.05) is 39.4 Å². The van der Waals surface area contributed by atoms with Gasteiger partial charge in [0.25, 0.3) is 5.91 Å². The standard InChI is InChI=1S/C24H19BrClF3N2O2/c1-12-20(23(33)31-18-11-14(24(27,28)29)8-9-16(18)26)21(13-4-2-5-15(25)10-13)22-17(30-12)6-3-7-19(22)32/h2,4-5,8-11,21,30H,3,6-7H2,1H3,(H,31,33)/t21-/m1/s1. The van der Waals surface area contributed by atoms with Gasteiger partial charge in [-0.15, -0.1) is 0 Å². The number of anilines is 1. The maximum atomic E-state index is 13.4. The molecular formula is C24H19BrClF3N2O2. The van der Waals surface area contributed by atoms with E-state index in [1.54, 1.807) is 6.92 Å². The zero-order chi connectivity index (χ0) is 23.9. The molecule has 0 radical (unpaired) electrons. The van der Waals surface area contributed by atoms with E-state index in [1.165, 1.54) is 0 Å². The van der Waals surface area contributed by atoms with Crippen molar-refractivity contribution in [3.8, 4) is 0 Å². The highest BCUT2D eigenvalue weighted by Crippen LogP contribution is 2.43. The third-order valence-corrected chi connectivity index (χ3v) is 6.57. The van der Waals surface area contributed by atoms with Gasteiger partial charge in [0.05, 0.1) is 16.3 Å². The zero-order valence-electron chi connectivity index (χ0n) is 17.4. The van der Waals surface area contributed by atoms with Crippen molar-refractivity contribution in [2.24, 2.45) is 0 Å². The molecule has 0 spiro atoms. The highest BCUT2D eigenvalue weighted by molar-refractivity contribution is 9.10. The number of carbonyl (C=O) groups is 2. The summed E-state index contributed by atoms with van der Waals surface area (Å²) in [6, 6.07) is 10.1. The molecule has 0 saturated heterocycles. The fourth-order valence-electron chi connectivity index (χ4n) is 4.29. The van der Waals surface area contributed by atoms with Crippen LogP contribution in [0.1, 0.15) is 43.2 Å². The molecule has 0 fully saturated rings. The number of Topliss-reactive ketones (excluding diaryl/α,β-unsaturated/α-hetero) is 1. The monoisotopic (exact) mass is 538 g/mol. The van der Waals surface area contributed by atoms with Crippen LogP contribution in [0.2, 0.25) is 5.02 Å². The minimum Gasteiger partial charge on any atom is -0.362 e. The summed E-state index contributed by atoms with van der Waals surface area (Å²) in [5, 5.41) is 5.69. The lowest BCUT2D eigenvalue weighted by Gasteiger charge is -2.34. The van der Waals surface area contributed by atoms with Crippen molar-refractivity contribution in [1.82, 2.24) is 5.32 Å². The molecule has 2 N–H and O–H groups in total. The van der Waals surface area contributed by atoms with Crippen LogP contribution in [-0.2, 0) is 15.8 Å². The Morgan fingerprint density at radius 2 is 1.94 bits per heavy atom. The largest absolute Gasteiger partial charge is 0.416 e. The van der Waals surface area contributed by atoms with E-state index in [-0.39, 0.29) is 22.1 Å². The third-order valence-electron chi connectivity index (χ3n) is 5.74. The van der Waals surface area contributed by atoms with Crippen molar-refractivity contribution in [2.45, 2.75) is 38.3 Å². The molecule has 1 atom stereocenters. The van der Waals surface area contributed by atoms with E-state index in [0.29, 0.717) is 30.5 Å². The second-order valence-corrected chi connectivity index (χ2v) is 9.29. The molecule has 4 nitrogen and oxygen atoms in total. The summed E-state index contributed by atoms with van der Waals surface area (Å²) in [5.74, 6) is -1.34. The molecule has 1 aliphatic heterocycles. The topological polar surface area (TPSA) is 58.2 Å². The Hall–Kier alpha value is -2.58. The summed E-state index contributed by atoms with van der Waals surface area (Å²) in [5.41, 5.74) is 1.75. The first-order valence-corrected chi connectivity index (χ1v) is 11.4. The number of carbonyl (C=O) groups excluding carboxylic acids is 2. The van der Waals surface area contributed by atoms with Crippen LogP contribution < -0.4 is 10.6 Å². The Balaban J connectivity index is 1.78. The number of hydrogen-bond acceptors (Lipinski definition) is 3. The summed E-state index contributed by atoms with van der Waals surface area (Å²) in [6.45, 7) is 1.72. The summed E-state index contributed by atoms with van der Waals surface area (Å²) in [4.78, 5) is 26.4. The van der Waals surface area contributed by atoms with Crippen molar-refractivity contribution in [2.75, 3.05) is 5.32 Å². The SMILES string of the molecule is CC1=C(C(=O)Nc2cc(C(F)(F)F)ccc2Cl)[C@@H](c2cccc(Br)c2)C2=C(CCCC2=O)N1. The van der Waals surface area contributed by atoms with Gasteiger partial charge in [0.1, 0.15) is 0 Å². The Labute approximate surface area is 202 Å². The summed E-state index contributed by atoms with van der Waals surface area (Å²) in [7, 11) is 0. The first kappa shape index (κ1) is 23.6. The zero-order valence-corrected chi connectivity index (χ0v) is 19.8. The number of halogens is 5. The molecule has 0 aromatic heterocycles. The van der Waals surface area contributed by atoms with Gasteiger partial charge in [-0.25, -0.2) is 0 Å². The van der Waals surface area contributed by atoms with Gasteiger partial charge in [-0.2, -0.15) is 13.2 Å². The molecular weight excluding hydrogens is 521 g/mol. The predicted octanol–water partition coefficient (Wildman–Crippen LogP) is 6.73. The van der Waals surface area contributed by atoms with Crippen molar-refractivity contribution < 1.29 is 22.8 Å². The van der Waals surface area contributed by atoms with Gasteiger partial charge in [0.15, 0.2) is 5.78 Å². The maximum Gasteiger partial charge on any atom is 0.416 e. The normalized spacial score (nSPS) is 18.7. The molecule has 33 heavy (non-hydrogen) atoms. The molecule has 0 saturated carbocycles. The molecule has 2 aromatic carbocycles. The maximum absolute atomic E-state index is 13.4. The quantitative estimate of drug-likeness (QED) is 0.455. The van der Waals surface area contributed by atoms with Crippen LogP contribution in [0.3, 0.4) is 0 Å². The number of nitrogens with one attached hydrogen (secondary N) is 2. The van der Waals surface area contributed by atoms with Gasteiger partial charge < -0.3 is 10.6 Å². The number of dihydropyridines is 1. The molecule has 1 aliphatic carbocycles. The second-order valence-electron chi connectivity index (χ2n) is 7.97. The Morgan fingerprint density at radius 1 is 1.18 bits per heavy atom. The number of rotatable bonds is 3. The highest BCUT2D eigenvalue weighted by atomic mass is 79.9. The van der Waals surface area contributed by atoms with Crippen LogP contribution in [0, 0.1) is 0 Å². The summed E-state index contributed by atoms with van der Waals surface area (Å²) in [6.07, 6.45) is -2.82. The van der Waals surface area contributed by atoms with Crippen molar-refractivity contribution >= 4 is 44.9 Å². The predicted molar refractivity (Wildman–Crippen MR) is 124 cm³/mol. The van der Waals surface area contributed by atoms with E-state index in [0.717, 1.165) is 33.9 Å². The average molecular weight is 540 g/mol. The van der Waals surface area contributed by atoms with Crippen molar-refractivity contribution in [3.05, 3.63) is 85.6 Å². The van der Waals surface area contributed by atoms with E-state index in [2.05, 4.69) is 26.6 Å². The number of ketones is 1. The Morgan fingerprint density at radius 3 is 2.64 bits per heavy atom. The number of amides is 1. The van der Waals surface area contributed by atoms with Crippen molar-refractivity contribution in [3.63, 3.8) is 0 Å². The lowest BCUT2D eigenvalue weighted by molar-refractivity contribution is -0.137. The second kappa shape index (κ2) is 8.99. The first-order valence-electron chi connectivity index (χ1n) is 10.2. The lowest BCUT2D eigenvalue weighted by atomic mass is 9.75. The number of alkyl halides is 3. The Bertz CT molecular complexity index is 1220. The van der Waals surface area contributed by atoms with Crippen LogP contribution in [0.4, 0.5) is 18.9 Å². The van der Waals surface area contributed by atoms with Gasteiger partial charge in [-0.3, -0.25) is 9.59 Å². The number of allylic oxidation sites excluding steroid dienone is 3. The third kappa shape index (κ3) is 4.73. The summed E-state index contributed by atoms with van der Waals surface area (Å²) < 4.78 is 40.3. The minimum absolute atomic E-state index is 0.0222. The lowest BCUT2D eigenvalue weighted by Crippen LogP contribution is -2.35. The molecule has 0 unspecified atom stereocenters. The van der Waals surface area contributed by atoms with E-state index < -0.39 is 23.6 Å². The van der Waals surface area contributed by atoms with Gasteiger partial charge in [-0.05, 0) is 55.7 Å². The van der Waals surface area contributed by atoms with Crippen LogP contribution in [0.25, 0.3) is 0 Å². The van der Waals surface area contributed by atoms with Gasteiger partial charge in [-0.1, -0.05) is 39.7 Å². The van der Waals surface area contributed by atoms with E-state index in [4.69, 9.17) is 11.6 Å². The van der Waals surface area contributed by atoms with Crippen LogP contribution >= 0.6 is 27.5 Å². The highest BCUT2D eigenvalue weighted by Gasteiger charge is 2.39. The van der Waals surface area contributed by atoms with E-state index in [9.17, 15) is 22.8 Å². The van der Waals surface area contributed by atoms with E-state index in [1.807, 2.05) is 24.3 Å². The number of benzene rings is 2. The molecule has 2 aliphatic rings. The Kier molecular flexibility index (Phi) is 6.42. The molecule has 2 aromatic rings. The fraction of sp³-hybridized carbons (Fsp3) is 0.250. The van der Waals surface area contributed by atoms with Crippen LogP contribution in [0.5, 0.6) is 0 Å². The molecule has 4 rings (SSSR count). The molecule has 1 heterocycles. The van der Waals surface area contributed by atoms with Crippen molar-refractivity contribution in [1.29, 1.82) is 0 Å². The van der Waals surface area contributed by atoms with Crippen LogP contribution in [-0.4, -0.2) is 11.7 Å². The molecule has 172 valence electrons. The average Bonchev–Trinajstić information content (AvgIpc) is 2.73. The summed E-state index contributed by atoms with van der Waals surface area (Å²) >= 11 is 9.53. The van der Waals surface area contributed by atoms with Crippen LogP contribution in [0.15, 0.2) is 69.5 Å². The minimum atomic E-state index is -4.58. The molecule has 0 bridgehead atoms.